The number of ether oxygens (including phenoxy) is 2. The van der Waals surface area contributed by atoms with Gasteiger partial charge in [-0.1, -0.05) is 0 Å². The van der Waals surface area contributed by atoms with Gasteiger partial charge in [-0.05, 0) is 44.2 Å². The molecular weight excluding hydrogens is 290 g/mol. The van der Waals surface area contributed by atoms with E-state index < -0.39 is 0 Å². The van der Waals surface area contributed by atoms with E-state index >= 15 is 0 Å². The van der Waals surface area contributed by atoms with E-state index in [4.69, 9.17) is 9.47 Å². The van der Waals surface area contributed by atoms with Crippen molar-refractivity contribution < 1.29 is 9.47 Å². The van der Waals surface area contributed by atoms with Crippen molar-refractivity contribution in [1.29, 1.82) is 0 Å². The summed E-state index contributed by atoms with van der Waals surface area (Å²) < 4.78 is 10.7. The summed E-state index contributed by atoms with van der Waals surface area (Å²) in [7, 11) is 1.69. The molecule has 1 aromatic carbocycles. The normalized spacial score (nSPS) is 13.6. The number of methoxy groups -OCH3 is 1. The lowest BCUT2D eigenvalue weighted by molar-refractivity contribution is 0.190. The highest BCUT2D eigenvalue weighted by Crippen LogP contribution is 2.35. The molecule has 1 atom stereocenters. The maximum Gasteiger partial charge on any atom is 0.126 e. The van der Waals surface area contributed by atoms with Crippen LogP contribution in [0.5, 0.6) is 5.75 Å². The molecule has 0 radical (unpaired) electrons. The zero-order chi connectivity index (χ0) is 16.2. The molecule has 120 valence electrons. The molecule has 0 amide bonds. The standard InChI is InChI=1S/C18H21N3O2/c1-4-23-14-5-6-16-15(10-14)18(21-16)13-7-8-19-17(9-13)20-12(2)11-22-3/h5-10,12H,4,11H2,1-3H3,(H,19,20). The fourth-order valence-corrected chi connectivity index (χ4v) is 2.61. The zero-order valence-electron chi connectivity index (χ0n) is 13.7. The van der Waals surface area contributed by atoms with E-state index in [1.165, 1.54) is 0 Å². The maximum absolute atomic E-state index is 5.57. The predicted octanol–water partition coefficient (Wildman–Crippen LogP) is 3.41. The number of rotatable bonds is 7. The van der Waals surface area contributed by atoms with Crippen LogP contribution in [0.25, 0.3) is 0 Å². The minimum atomic E-state index is 0.197. The molecular formula is C18H21N3O2. The lowest BCUT2D eigenvalue weighted by atomic mass is 9.96. The molecule has 1 unspecified atom stereocenters. The summed E-state index contributed by atoms with van der Waals surface area (Å²) in [4.78, 5) is 8.95. The molecule has 23 heavy (non-hydrogen) atoms. The van der Waals surface area contributed by atoms with Crippen molar-refractivity contribution in [2.45, 2.75) is 19.9 Å². The molecule has 0 bridgehead atoms. The molecule has 1 aliphatic heterocycles. The van der Waals surface area contributed by atoms with Crippen LogP contribution >= 0.6 is 0 Å². The maximum atomic E-state index is 5.57. The Bertz CT molecular complexity index is 728. The van der Waals surface area contributed by atoms with Gasteiger partial charge in [-0.3, -0.25) is 0 Å². The number of hydrogen-bond donors (Lipinski definition) is 1. The molecule has 1 aliphatic rings. The van der Waals surface area contributed by atoms with Gasteiger partial charge in [0.1, 0.15) is 11.6 Å². The summed E-state index contributed by atoms with van der Waals surface area (Å²) in [6.45, 7) is 5.33. The van der Waals surface area contributed by atoms with Gasteiger partial charge in [0.05, 0.1) is 24.6 Å². The van der Waals surface area contributed by atoms with Crippen molar-refractivity contribution in [2.24, 2.45) is 4.99 Å². The summed E-state index contributed by atoms with van der Waals surface area (Å²) in [6.07, 6.45) is 1.80. The molecule has 0 spiro atoms. The third kappa shape index (κ3) is 3.35. The topological polar surface area (TPSA) is 55.7 Å². The van der Waals surface area contributed by atoms with E-state index in [-0.39, 0.29) is 6.04 Å². The van der Waals surface area contributed by atoms with Crippen LogP contribution in [-0.2, 0) is 4.74 Å². The van der Waals surface area contributed by atoms with Gasteiger partial charge >= 0.3 is 0 Å². The fourth-order valence-electron chi connectivity index (χ4n) is 2.61. The quantitative estimate of drug-likeness (QED) is 0.726. The fraction of sp³-hybridized carbons (Fsp3) is 0.333. The number of benzene rings is 1. The molecule has 5 nitrogen and oxygen atoms in total. The van der Waals surface area contributed by atoms with Crippen molar-refractivity contribution in [3.8, 4) is 5.75 Å². The molecule has 2 heterocycles. The van der Waals surface area contributed by atoms with Crippen molar-refractivity contribution >= 4 is 17.2 Å². The number of nitrogens with zero attached hydrogens (tertiary/aromatic N) is 2. The Morgan fingerprint density at radius 1 is 1.22 bits per heavy atom. The molecule has 0 fully saturated rings. The second kappa shape index (κ2) is 6.79. The van der Waals surface area contributed by atoms with Gasteiger partial charge in [-0.2, -0.15) is 0 Å². The molecule has 0 aliphatic carbocycles. The zero-order valence-corrected chi connectivity index (χ0v) is 13.7. The van der Waals surface area contributed by atoms with Crippen LogP contribution in [0, 0.1) is 0 Å². The van der Waals surface area contributed by atoms with Crippen molar-refractivity contribution in [3.05, 3.63) is 47.7 Å². The smallest absolute Gasteiger partial charge is 0.126 e. The lowest BCUT2D eigenvalue weighted by Gasteiger charge is -2.20. The number of aromatic nitrogens is 1. The number of nitrogens with one attached hydrogen (secondary N) is 1. The van der Waals surface area contributed by atoms with Crippen LogP contribution in [0.15, 0.2) is 41.5 Å². The number of fused-ring (bicyclic) bond motifs is 1. The summed E-state index contributed by atoms with van der Waals surface area (Å²) in [5.41, 5.74) is 4.15. The summed E-state index contributed by atoms with van der Waals surface area (Å²) in [5.74, 6) is 1.70. The Morgan fingerprint density at radius 3 is 2.87 bits per heavy atom. The van der Waals surface area contributed by atoms with Gasteiger partial charge in [0.25, 0.3) is 0 Å². The molecule has 2 aromatic rings. The molecule has 1 aromatic heterocycles. The van der Waals surface area contributed by atoms with E-state index in [0.717, 1.165) is 34.1 Å². The second-order valence-electron chi connectivity index (χ2n) is 5.50. The first kappa shape index (κ1) is 15.5. The van der Waals surface area contributed by atoms with E-state index in [1.807, 2.05) is 37.3 Å². The largest absolute Gasteiger partial charge is 0.494 e. The van der Waals surface area contributed by atoms with Crippen LogP contribution in [0.1, 0.15) is 25.0 Å². The minimum absolute atomic E-state index is 0.197. The van der Waals surface area contributed by atoms with Crippen molar-refractivity contribution in [3.63, 3.8) is 0 Å². The summed E-state index contributed by atoms with van der Waals surface area (Å²) >= 11 is 0. The molecule has 0 saturated heterocycles. The molecule has 5 heteroatoms. The number of hydrogen-bond acceptors (Lipinski definition) is 5. The van der Waals surface area contributed by atoms with Gasteiger partial charge < -0.3 is 14.8 Å². The lowest BCUT2D eigenvalue weighted by Crippen LogP contribution is -2.21. The van der Waals surface area contributed by atoms with E-state index in [2.05, 4.69) is 22.2 Å². The van der Waals surface area contributed by atoms with Crippen LogP contribution in [0.2, 0.25) is 0 Å². The molecule has 3 rings (SSSR count). The average molecular weight is 311 g/mol. The van der Waals surface area contributed by atoms with E-state index in [1.54, 1.807) is 13.3 Å². The third-order valence-electron chi connectivity index (χ3n) is 3.61. The number of aliphatic imine (C=N–C) groups is 1. The van der Waals surface area contributed by atoms with Crippen molar-refractivity contribution in [2.75, 3.05) is 25.6 Å². The van der Waals surface area contributed by atoms with Gasteiger partial charge in [-0.15, -0.1) is 0 Å². The Balaban J connectivity index is 1.79. The minimum Gasteiger partial charge on any atom is -0.494 e. The van der Waals surface area contributed by atoms with Crippen LogP contribution in [-0.4, -0.2) is 37.1 Å². The highest BCUT2D eigenvalue weighted by atomic mass is 16.5. The number of pyridine rings is 1. The Hall–Kier alpha value is -2.40. The first-order valence-corrected chi connectivity index (χ1v) is 7.79. The van der Waals surface area contributed by atoms with Crippen LogP contribution in [0.3, 0.4) is 0 Å². The highest BCUT2D eigenvalue weighted by molar-refractivity contribution is 6.22. The average Bonchev–Trinajstić information content (AvgIpc) is 2.51. The molecule has 1 N–H and O–H groups in total. The van der Waals surface area contributed by atoms with E-state index in [0.29, 0.717) is 13.2 Å². The first-order valence-electron chi connectivity index (χ1n) is 7.79. The Kier molecular flexibility index (Phi) is 4.57. The Labute approximate surface area is 136 Å². The van der Waals surface area contributed by atoms with Gasteiger partial charge in [-0.25, -0.2) is 9.98 Å². The first-order chi connectivity index (χ1) is 11.2. The van der Waals surface area contributed by atoms with Crippen molar-refractivity contribution in [1.82, 2.24) is 4.98 Å². The van der Waals surface area contributed by atoms with Gasteiger partial charge in [0, 0.05) is 30.5 Å². The monoisotopic (exact) mass is 311 g/mol. The van der Waals surface area contributed by atoms with Gasteiger partial charge in [0.15, 0.2) is 0 Å². The summed E-state index contributed by atoms with van der Waals surface area (Å²) in [5, 5.41) is 3.33. The van der Waals surface area contributed by atoms with Crippen LogP contribution in [0.4, 0.5) is 11.5 Å². The number of anilines is 1. The summed E-state index contributed by atoms with van der Waals surface area (Å²) in [6, 6.07) is 10.2. The van der Waals surface area contributed by atoms with Crippen LogP contribution < -0.4 is 10.1 Å². The Morgan fingerprint density at radius 2 is 2.09 bits per heavy atom. The van der Waals surface area contributed by atoms with E-state index in [9.17, 15) is 0 Å². The SMILES string of the molecule is CCOc1ccc2c(c1)C(c1ccnc(NC(C)COC)c1)=N2. The predicted molar refractivity (Wildman–Crippen MR) is 92.1 cm³/mol. The second-order valence-corrected chi connectivity index (χ2v) is 5.50. The highest BCUT2D eigenvalue weighted by Gasteiger charge is 2.21. The third-order valence-corrected chi connectivity index (χ3v) is 3.61. The van der Waals surface area contributed by atoms with Gasteiger partial charge in [0.2, 0.25) is 0 Å². The molecule has 0 saturated carbocycles.